The Labute approximate surface area is 122 Å². The first-order valence-electron chi connectivity index (χ1n) is 6.67. The maximum Gasteiger partial charge on any atom is 0.253 e. The van der Waals surface area contributed by atoms with Gasteiger partial charge in [-0.2, -0.15) is 0 Å². The van der Waals surface area contributed by atoms with Crippen molar-refractivity contribution in [1.82, 2.24) is 10.3 Å². The van der Waals surface area contributed by atoms with E-state index >= 15 is 0 Å². The number of aromatic nitrogens is 1. The summed E-state index contributed by atoms with van der Waals surface area (Å²) in [6.07, 6.45) is 2.65. The second kappa shape index (κ2) is 6.35. The van der Waals surface area contributed by atoms with Gasteiger partial charge in [0.1, 0.15) is 11.6 Å². The molecule has 0 saturated heterocycles. The van der Waals surface area contributed by atoms with Crippen molar-refractivity contribution in [3.63, 3.8) is 0 Å². The van der Waals surface area contributed by atoms with E-state index in [1.807, 2.05) is 13.8 Å². The molecule has 0 aliphatic rings. The summed E-state index contributed by atoms with van der Waals surface area (Å²) in [5, 5.41) is 12.3. The van der Waals surface area contributed by atoms with E-state index in [0.29, 0.717) is 0 Å². The van der Waals surface area contributed by atoms with Gasteiger partial charge in [0.05, 0.1) is 17.8 Å². The number of halogens is 1. The summed E-state index contributed by atoms with van der Waals surface area (Å²) < 4.78 is 13.0. The van der Waals surface area contributed by atoms with Crippen LogP contribution in [-0.2, 0) is 0 Å². The van der Waals surface area contributed by atoms with E-state index in [0.717, 1.165) is 5.56 Å². The highest BCUT2D eigenvalue weighted by Gasteiger charge is 2.19. The molecule has 1 heterocycles. The number of rotatable bonds is 4. The fourth-order valence-corrected chi connectivity index (χ4v) is 2.08. The Morgan fingerprint density at radius 2 is 1.90 bits per heavy atom. The van der Waals surface area contributed by atoms with Crippen molar-refractivity contribution in [2.45, 2.75) is 19.9 Å². The lowest BCUT2D eigenvalue weighted by atomic mass is 9.95. The molecule has 0 bridgehead atoms. The number of carbonyl (C=O) groups is 1. The number of amides is 1. The summed E-state index contributed by atoms with van der Waals surface area (Å²) >= 11 is 0. The summed E-state index contributed by atoms with van der Waals surface area (Å²) in [6, 6.07) is 7.15. The molecule has 1 atom stereocenters. The van der Waals surface area contributed by atoms with E-state index in [1.165, 1.54) is 30.6 Å². The highest BCUT2D eigenvalue weighted by atomic mass is 19.1. The number of benzene rings is 1. The smallest absolute Gasteiger partial charge is 0.253 e. The third kappa shape index (κ3) is 3.78. The Morgan fingerprint density at radius 1 is 1.24 bits per heavy atom. The van der Waals surface area contributed by atoms with Crippen molar-refractivity contribution < 1.29 is 14.3 Å². The molecule has 5 heteroatoms. The quantitative estimate of drug-likeness (QED) is 0.909. The van der Waals surface area contributed by atoms with Crippen molar-refractivity contribution in [1.29, 1.82) is 0 Å². The van der Waals surface area contributed by atoms with Crippen LogP contribution in [0.25, 0.3) is 0 Å². The van der Waals surface area contributed by atoms with Crippen molar-refractivity contribution in [3.05, 3.63) is 59.7 Å². The molecule has 2 aromatic rings. The van der Waals surface area contributed by atoms with Gasteiger partial charge in [-0.05, 0) is 29.7 Å². The number of nitrogens with one attached hydrogen (secondary N) is 1. The van der Waals surface area contributed by atoms with Gasteiger partial charge in [-0.1, -0.05) is 26.0 Å². The topological polar surface area (TPSA) is 62.2 Å². The summed E-state index contributed by atoms with van der Waals surface area (Å²) in [7, 11) is 0. The number of pyridine rings is 1. The van der Waals surface area contributed by atoms with Crippen LogP contribution in [0.1, 0.15) is 35.8 Å². The molecular formula is C16H17FN2O2. The van der Waals surface area contributed by atoms with E-state index in [-0.39, 0.29) is 35.0 Å². The summed E-state index contributed by atoms with van der Waals surface area (Å²) in [6.45, 7) is 3.93. The molecule has 0 fully saturated rings. The molecule has 21 heavy (non-hydrogen) atoms. The molecule has 2 N–H and O–H groups in total. The highest BCUT2D eigenvalue weighted by molar-refractivity contribution is 5.94. The van der Waals surface area contributed by atoms with Gasteiger partial charge in [-0.25, -0.2) is 4.39 Å². The van der Waals surface area contributed by atoms with Gasteiger partial charge in [0, 0.05) is 6.20 Å². The van der Waals surface area contributed by atoms with Crippen LogP contribution in [0.4, 0.5) is 4.39 Å². The summed E-state index contributed by atoms with van der Waals surface area (Å²) in [5.74, 6) is -0.582. The van der Waals surface area contributed by atoms with Crippen LogP contribution < -0.4 is 5.32 Å². The van der Waals surface area contributed by atoms with Gasteiger partial charge < -0.3 is 10.4 Å². The zero-order valence-electron chi connectivity index (χ0n) is 11.9. The van der Waals surface area contributed by atoms with E-state index in [4.69, 9.17) is 0 Å². The minimum atomic E-state index is -0.332. The highest BCUT2D eigenvalue weighted by Crippen LogP contribution is 2.22. The zero-order valence-corrected chi connectivity index (χ0v) is 11.9. The predicted octanol–water partition coefficient (Wildman–Crippen LogP) is 3.05. The number of nitrogens with zero attached hydrogens (tertiary/aromatic N) is 1. The molecule has 0 saturated carbocycles. The number of aromatic hydroxyl groups is 1. The van der Waals surface area contributed by atoms with Crippen molar-refractivity contribution >= 4 is 5.91 Å². The van der Waals surface area contributed by atoms with Crippen LogP contribution in [-0.4, -0.2) is 16.0 Å². The number of hydrogen-bond donors (Lipinski definition) is 2. The van der Waals surface area contributed by atoms with Gasteiger partial charge >= 0.3 is 0 Å². The standard InChI is InChI=1S/C16H17FN2O2/c1-10(2)15(11-3-5-13(17)6-4-11)19-16(21)12-7-14(20)9-18-8-12/h3-10,15,20H,1-2H3,(H,19,21). The first-order valence-corrected chi connectivity index (χ1v) is 6.67. The second-order valence-electron chi connectivity index (χ2n) is 5.18. The summed E-state index contributed by atoms with van der Waals surface area (Å²) in [5.41, 5.74) is 1.11. The van der Waals surface area contributed by atoms with E-state index in [9.17, 15) is 14.3 Å². The lowest BCUT2D eigenvalue weighted by Crippen LogP contribution is -2.31. The molecule has 1 aromatic heterocycles. The Hall–Kier alpha value is -2.43. The van der Waals surface area contributed by atoms with Crippen LogP contribution >= 0.6 is 0 Å². The number of hydrogen-bond acceptors (Lipinski definition) is 3. The second-order valence-corrected chi connectivity index (χ2v) is 5.18. The maximum absolute atomic E-state index is 13.0. The Kier molecular flexibility index (Phi) is 4.52. The zero-order chi connectivity index (χ0) is 15.4. The molecule has 0 spiro atoms. The van der Waals surface area contributed by atoms with Crippen LogP contribution in [0, 0.1) is 11.7 Å². The van der Waals surface area contributed by atoms with Gasteiger partial charge in [0.15, 0.2) is 0 Å². The normalized spacial score (nSPS) is 12.2. The van der Waals surface area contributed by atoms with Crippen LogP contribution in [0.2, 0.25) is 0 Å². The van der Waals surface area contributed by atoms with Gasteiger partial charge in [-0.15, -0.1) is 0 Å². The molecular weight excluding hydrogens is 271 g/mol. The Balaban J connectivity index is 2.20. The predicted molar refractivity (Wildman–Crippen MR) is 77.3 cm³/mol. The monoisotopic (exact) mass is 288 g/mol. The Bertz CT molecular complexity index is 626. The molecule has 1 amide bonds. The minimum Gasteiger partial charge on any atom is -0.506 e. The first-order chi connectivity index (χ1) is 9.97. The molecule has 0 aliphatic carbocycles. The Morgan fingerprint density at radius 3 is 2.48 bits per heavy atom. The van der Waals surface area contributed by atoms with E-state index in [2.05, 4.69) is 10.3 Å². The molecule has 2 rings (SSSR count). The average molecular weight is 288 g/mol. The maximum atomic E-state index is 13.0. The fourth-order valence-electron chi connectivity index (χ4n) is 2.08. The molecule has 0 aliphatic heterocycles. The SMILES string of the molecule is CC(C)C(NC(=O)c1cncc(O)c1)c1ccc(F)cc1. The molecule has 110 valence electrons. The van der Waals surface area contributed by atoms with Gasteiger partial charge in [0.25, 0.3) is 5.91 Å². The lowest BCUT2D eigenvalue weighted by Gasteiger charge is -2.23. The first kappa shape index (κ1) is 15.0. The van der Waals surface area contributed by atoms with Crippen LogP contribution in [0.15, 0.2) is 42.7 Å². The van der Waals surface area contributed by atoms with Crippen LogP contribution in [0.5, 0.6) is 5.75 Å². The fraction of sp³-hybridized carbons (Fsp3) is 0.250. The summed E-state index contributed by atoms with van der Waals surface area (Å²) in [4.78, 5) is 16.0. The van der Waals surface area contributed by atoms with Crippen molar-refractivity contribution in [2.24, 2.45) is 5.92 Å². The van der Waals surface area contributed by atoms with E-state index in [1.54, 1.807) is 12.1 Å². The van der Waals surface area contributed by atoms with Crippen LogP contribution in [0.3, 0.4) is 0 Å². The molecule has 0 radical (unpaired) electrons. The molecule has 1 unspecified atom stereocenters. The van der Waals surface area contributed by atoms with Gasteiger partial charge in [-0.3, -0.25) is 9.78 Å². The number of carbonyl (C=O) groups excluding carboxylic acids is 1. The minimum absolute atomic E-state index is 0.0643. The van der Waals surface area contributed by atoms with Gasteiger partial charge in [0.2, 0.25) is 0 Å². The third-order valence-corrected chi connectivity index (χ3v) is 3.17. The average Bonchev–Trinajstić information content (AvgIpc) is 2.45. The molecule has 4 nitrogen and oxygen atoms in total. The van der Waals surface area contributed by atoms with Crippen molar-refractivity contribution in [2.75, 3.05) is 0 Å². The molecule has 1 aromatic carbocycles. The lowest BCUT2D eigenvalue weighted by molar-refractivity contribution is 0.0925. The largest absolute Gasteiger partial charge is 0.506 e. The third-order valence-electron chi connectivity index (χ3n) is 3.17. The van der Waals surface area contributed by atoms with E-state index < -0.39 is 0 Å². The van der Waals surface area contributed by atoms with Crippen molar-refractivity contribution in [3.8, 4) is 5.75 Å².